The molecule has 0 spiro atoms. The van der Waals surface area contributed by atoms with Gasteiger partial charge in [0.1, 0.15) is 10.1 Å². The van der Waals surface area contributed by atoms with Gasteiger partial charge in [-0.3, -0.25) is 14.2 Å². The molecule has 1 unspecified atom stereocenters. The smallest absolute Gasteiger partial charge is 0.262 e. The third-order valence-corrected chi connectivity index (χ3v) is 7.38. The lowest BCUT2D eigenvalue weighted by Gasteiger charge is -2.25. The highest BCUT2D eigenvalue weighted by Gasteiger charge is 2.28. The second-order valence-corrected chi connectivity index (χ2v) is 8.92. The summed E-state index contributed by atoms with van der Waals surface area (Å²) in [6.07, 6.45) is 0. The van der Waals surface area contributed by atoms with Crippen LogP contribution in [0.3, 0.4) is 0 Å². The zero-order valence-corrected chi connectivity index (χ0v) is 18.5. The minimum absolute atomic E-state index is 0.0362. The van der Waals surface area contributed by atoms with E-state index in [1.807, 2.05) is 62.9 Å². The van der Waals surface area contributed by atoms with Gasteiger partial charge in [-0.25, -0.2) is 4.98 Å². The van der Waals surface area contributed by atoms with Gasteiger partial charge in [0, 0.05) is 25.0 Å². The molecular formula is C21H25N3O2S2. The maximum absolute atomic E-state index is 13.2. The van der Waals surface area contributed by atoms with Crippen molar-refractivity contribution in [3.8, 4) is 0 Å². The monoisotopic (exact) mass is 415 g/mol. The highest BCUT2D eigenvalue weighted by molar-refractivity contribution is 8.00. The Balaban J connectivity index is 2.10. The van der Waals surface area contributed by atoms with Gasteiger partial charge in [-0.15, -0.1) is 11.3 Å². The molecule has 1 amide bonds. The van der Waals surface area contributed by atoms with Gasteiger partial charge in [0.25, 0.3) is 5.56 Å². The molecule has 0 aliphatic carbocycles. The summed E-state index contributed by atoms with van der Waals surface area (Å²) >= 11 is 2.88. The number of thiophene rings is 1. The Morgan fingerprint density at radius 1 is 1.21 bits per heavy atom. The quantitative estimate of drug-likeness (QED) is 0.445. The summed E-state index contributed by atoms with van der Waals surface area (Å²) in [5, 5.41) is 0.799. The summed E-state index contributed by atoms with van der Waals surface area (Å²) in [4.78, 5) is 34.6. The molecule has 5 nitrogen and oxygen atoms in total. The van der Waals surface area contributed by atoms with Gasteiger partial charge in [-0.1, -0.05) is 42.1 Å². The van der Waals surface area contributed by atoms with E-state index in [4.69, 9.17) is 4.98 Å². The van der Waals surface area contributed by atoms with Gasteiger partial charge in [0.15, 0.2) is 5.16 Å². The molecule has 7 heteroatoms. The topological polar surface area (TPSA) is 55.2 Å². The van der Waals surface area contributed by atoms with Gasteiger partial charge >= 0.3 is 0 Å². The van der Waals surface area contributed by atoms with E-state index in [-0.39, 0.29) is 11.5 Å². The van der Waals surface area contributed by atoms with Crippen molar-refractivity contribution in [2.45, 2.75) is 38.1 Å². The van der Waals surface area contributed by atoms with E-state index in [0.717, 1.165) is 20.8 Å². The van der Waals surface area contributed by atoms with Crippen molar-refractivity contribution in [2.24, 2.45) is 7.05 Å². The zero-order valence-electron chi connectivity index (χ0n) is 16.9. The van der Waals surface area contributed by atoms with Gasteiger partial charge < -0.3 is 4.90 Å². The minimum atomic E-state index is -0.446. The Kier molecular flexibility index (Phi) is 6.25. The molecule has 1 atom stereocenters. The fourth-order valence-electron chi connectivity index (χ4n) is 3.16. The van der Waals surface area contributed by atoms with Crippen molar-refractivity contribution in [1.29, 1.82) is 0 Å². The predicted octanol–water partition coefficient (Wildman–Crippen LogP) is 4.31. The largest absolute Gasteiger partial charge is 0.342 e. The van der Waals surface area contributed by atoms with Crippen LogP contribution in [0.4, 0.5) is 0 Å². The number of nitrogens with zero attached hydrogens (tertiary/aromatic N) is 3. The number of carbonyl (C=O) groups excluding carboxylic acids is 1. The molecule has 0 aliphatic heterocycles. The average Bonchev–Trinajstić information content (AvgIpc) is 2.98. The zero-order chi connectivity index (χ0) is 20.4. The van der Waals surface area contributed by atoms with E-state index in [1.165, 1.54) is 23.1 Å². The first kappa shape index (κ1) is 20.6. The van der Waals surface area contributed by atoms with E-state index in [2.05, 4.69) is 0 Å². The fraction of sp³-hybridized carbons (Fsp3) is 0.381. The van der Waals surface area contributed by atoms with E-state index in [9.17, 15) is 9.59 Å². The molecule has 0 fully saturated rings. The SMILES string of the molecule is CCN(CC)C(=O)C(Sc1nc2sc(C)c(C)c2c(=O)n1C)c1ccccc1. The molecule has 0 saturated heterocycles. The molecule has 0 saturated carbocycles. The predicted molar refractivity (Wildman–Crippen MR) is 117 cm³/mol. The normalized spacial score (nSPS) is 12.3. The summed E-state index contributed by atoms with van der Waals surface area (Å²) in [5.74, 6) is 0.0362. The average molecular weight is 416 g/mol. The Morgan fingerprint density at radius 2 is 1.86 bits per heavy atom. The first-order valence-corrected chi connectivity index (χ1v) is 11.1. The molecular weight excluding hydrogens is 390 g/mol. The number of carbonyl (C=O) groups is 1. The number of hydrogen-bond acceptors (Lipinski definition) is 5. The lowest BCUT2D eigenvalue weighted by Crippen LogP contribution is -2.34. The fourth-order valence-corrected chi connectivity index (χ4v) is 5.37. The number of likely N-dealkylation sites (N-methyl/N-ethyl adjacent to an activating group) is 1. The Hall–Kier alpha value is -2.12. The molecule has 2 heterocycles. The van der Waals surface area contributed by atoms with Gasteiger partial charge in [0.2, 0.25) is 5.91 Å². The number of hydrogen-bond donors (Lipinski definition) is 0. The number of benzene rings is 1. The number of amides is 1. The second kappa shape index (κ2) is 8.49. The van der Waals surface area contributed by atoms with E-state index >= 15 is 0 Å². The maximum Gasteiger partial charge on any atom is 0.262 e. The van der Waals surface area contributed by atoms with Crippen molar-refractivity contribution in [3.05, 3.63) is 56.7 Å². The van der Waals surface area contributed by atoms with Crippen LogP contribution in [0.1, 0.15) is 35.1 Å². The molecule has 0 radical (unpaired) electrons. The van der Waals surface area contributed by atoms with Crippen molar-refractivity contribution in [1.82, 2.24) is 14.5 Å². The highest BCUT2D eigenvalue weighted by Crippen LogP contribution is 2.37. The van der Waals surface area contributed by atoms with Crippen molar-refractivity contribution in [2.75, 3.05) is 13.1 Å². The Bertz CT molecular complexity index is 1050. The molecule has 0 aliphatic rings. The molecule has 3 aromatic rings. The van der Waals surface area contributed by atoms with Crippen LogP contribution in [0.25, 0.3) is 10.2 Å². The first-order chi connectivity index (χ1) is 13.4. The summed E-state index contributed by atoms with van der Waals surface area (Å²) in [5.41, 5.74) is 1.84. The molecule has 0 N–H and O–H groups in total. The minimum Gasteiger partial charge on any atom is -0.342 e. The highest BCUT2D eigenvalue weighted by atomic mass is 32.2. The van der Waals surface area contributed by atoms with E-state index in [0.29, 0.717) is 23.6 Å². The molecule has 1 aromatic carbocycles. The van der Waals surface area contributed by atoms with Gasteiger partial charge in [0.05, 0.1) is 5.39 Å². The van der Waals surface area contributed by atoms with E-state index < -0.39 is 5.25 Å². The van der Waals surface area contributed by atoms with Crippen LogP contribution in [0.2, 0.25) is 0 Å². The number of thioether (sulfide) groups is 1. The molecule has 0 bridgehead atoms. The first-order valence-electron chi connectivity index (χ1n) is 9.36. The maximum atomic E-state index is 13.2. The third-order valence-electron chi connectivity index (χ3n) is 4.99. The number of fused-ring (bicyclic) bond motifs is 1. The van der Waals surface area contributed by atoms with Crippen LogP contribution in [-0.2, 0) is 11.8 Å². The molecule has 148 valence electrons. The molecule has 3 rings (SSSR count). The lowest BCUT2D eigenvalue weighted by molar-refractivity contribution is -0.130. The number of rotatable bonds is 6. The van der Waals surface area contributed by atoms with Crippen LogP contribution in [0.15, 0.2) is 40.3 Å². The van der Waals surface area contributed by atoms with Crippen LogP contribution in [0.5, 0.6) is 0 Å². The standard InChI is InChI=1S/C21H25N3O2S2/c1-6-24(7-2)20(26)17(15-11-9-8-10-12-15)28-21-22-18-16(19(25)23(21)5)13(3)14(4)27-18/h8-12,17H,6-7H2,1-5H3. The summed E-state index contributed by atoms with van der Waals surface area (Å²) < 4.78 is 1.57. The van der Waals surface area contributed by atoms with Gasteiger partial charge in [-0.2, -0.15) is 0 Å². The number of aromatic nitrogens is 2. The van der Waals surface area contributed by atoms with Crippen LogP contribution in [0, 0.1) is 13.8 Å². The van der Waals surface area contributed by atoms with Crippen LogP contribution < -0.4 is 5.56 Å². The number of aryl methyl sites for hydroxylation is 2. The third kappa shape index (κ3) is 3.73. The van der Waals surface area contributed by atoms with Crippen LogP contribution in [-0.4, -0.2) is 33.4 Å². The summed E-state index contributed by atoms with van der Waals surface area (Å²) in [6.45, 7) is 9.21. The van der Waals surface area contributed by atoms with Crippen LogP contribution >= 0.6 is 23.1 Å². The van der Waals surface area contributed by atoms with Crippen molar-refractivity contribution < 1.29 is 4.79 Å². The lowest BCUT2D eigenvalue weighted by atomic mass is 10.1. The molecule has 2 aromatic heterocycles. The summed E-state index contributed by atoms with van der Waals surface area (Å²) in [7, 11) is 1.73. The Morgan fingerprint density at radius 3 is 2.46 bits per heavy atom. The van der Waals surface area contributed by atoms with Gasteiger partial charge in [-0.05, 0) is 38.8 Å². The van der Waals surface area contributed by atoms with Crippen molar-refractivity contribution >= 4 is 39.2 Å². The second-order valence-electron chi connectivity index (χ2n) is 6.64. The molecule has 28 heavy (non-hydrogen) atoms. The Labute approximate surface area is 173 Å². The summed E-state index contributed by atoms with van der Waals surface area (Å²) in [6, 6.07) is 9.70. The van der Waals surface area contributed by atoms with E-state index in [1.54, 1.807) is 11.6 Å². The van der Waals surface area contributed by atoms with Crippen molar-refractivity contribution in [3.63, 3.8) is 0 Å².